The van der Waals surface area contributed by atoms with Gasteiger partial charge in [-0.3, -0.25) is 0 Å². The lowest BCUT2D eigenvalue weighted by Crippen LogP contribution is -1.85. The molecule has 0 saturated heterocycles. The molecule has 0 unspecified atom stereocenters. The van der Waals surface area contributed by atoms with Gasteiger partial charge in [0, 0.05) is 12.1 Å². The highest BCUT2D eigenvalue weighted by Gasteiger charge is 2.07. The number of phenolic OH excluding ortho intramolecular Hbond substituents is 1. The third kappa shape index (κ3) is 1.54. The van der Waals surface area contributed by atoms with Crippen LogP contribution in [-0.4, -0.2) is 12.2 Å². The summed E-state index contributed by atoms with van der Waals surface area (Å²) in [5.41, 5.74) is 0. The monoisotopic (exact) mass is 176 g/mol. The minimum absolute atomic E-state index is 0.0221. The Kier molecular flexibility index (Phi) is 2.19. The molecule has 11 heavy (non-hydrogen) atoms. The summed E-state index contributed by atoms with van der Waals surface area (Å²) >= 11 is 5.52. The highest BCUT2D eigenvalue weighted by atomic mass is 35.5. The first-order valence-electron chi connectivity index (χ1n) is 2.87. The molecule has 4 heteroatoms. The molecule has 0 aliphatic rings. The summed E-state index contributed by atoms with van der Waals surface area (Å²) in [6.07, 6.45) is 0. The van der Waals surface area contributed by atoms with E-state index in [9.17, 15) is 4.39 Å². The zero-order chi connectivity index (χ0) is 8.43. The standard InChI is InChI=1S/C7H6ClFO2/c1-11-6-3-4(9)2-5(10)7(6)8/h2-3,10H,1H3. The Morgan fingerprint density at radius 2 is 2.18 bits per heavy atom. The van der Waals surface area contributed by atoms with E-state index in [1.807, 2.05) is 0 Å². The van der Waals surface area contributed by atoms with Crippen LogP contribution in [0.1, 0.15) is 0 Å². The summed E-state index contributed by atoms with van der Waals surface area (Å²) in [6, 6.07) is 2.02. The second kappa shape index (κ2) is 2.96. The fourth-order valence-electron chi connectivity index (χ4n) is 0.699. The first-order chi connectivity index (χ1) is 5.15. The zero-order valence-electron chi connectivity index (χ0n) is 5.77. The van der Waals surface area contributed by atoms with Crippen LogP contribution < -0.4 is 4.74 Å². The zero-order valence-corrected chi connectivity index (χ0v) is 6.52. The van der Waals surface area contributed by atoms with Crippen LogP contribution in [0, 0.1) is 5.82 Å². The van der Waals surface area contributed by atoms with Crippen molar-refractivity contribution in [1.29, 1.82) is 0 Å². The fourth-order valence-corrected chi connectivity index (χ4v) is 0.885. The van der Waals surface area contributed by atoms with Crippen molar-refractivity contribution in [3.63, 3.8) is 0 Å². The molecule has 0 aliphatic heterocycles. The van der Waals surface area contributed by atoms with Crippen LogP contribution in [0.25, 0.3) is 0 Å². The van der Waals surface area contributed by atoms with Crippen LogP contribution in [0.4, 0.5) is 4.39 Å². The molecule has 0 bridgehead atoms. The average Bonchev–Trinajstić information content (AvgIpc) is 1.96. The number of aromatic hydroxyl groups is 1. The van der Waals surface area contributed by atoms with Crippen molar-refractivity contribution in [3.8, 4) is 11.5 Å². The number of methoxy groups -OCH3 is 1. The lowest BCUT2D eigenvalue weighted by molar-refractivity contribution is 0.403. The van der Waals surface area contributed by atoms with Gasteiger partial charge in [0.05, 0.1) is 7.11 Å². The number of rotatable bonds is 1. The molecule has 0 aromatic heterocycles. The summed E-state index contributed by atoms with van der Waals surface area (Å²) in [5.74, 6) is -0.767. The highest BCUT2D eigenvalue weighted by Crippen LogP contribution is 2.33. The normalized spacial score (nSPS) is 9.73. The van der Waals surface area contributed by atoms with Gasteiger partial charge in [0.2, 0.25) is 0 Å². The molecule has 1 N–H and O–H groups in total. The van der Waals surface area contributed by atoms with E-state index in [2.05, 4.69) is 4.74 Å². The van der Waals surface area contributed by atoms with E-state index >= 15 is 0 Å². The van der Waals surface area contributed by atoms with Gasteiger partial charge < -0.3 is 9.84 Å². The molecule has 1 aromatic carbocycles. The van der Waals surface area contributed by atoms with E-state index in [0.717, 1.165) is 12.1 Å². The molecule has 60 valence electrons. The molecule has 0 fully saturated rings. The van der Waals surface area contributed by atoms with Gasteiger partial charge in [0.25, 0.3) is 0 Å². The lowest BCUT2D eigenvalue weighted by Gasteiger charge is -2.03. The molecule has 2 nitrogen and oxygen atoms in total. The molecule has 0 radical (unpaired) electrons. The number of benzene rings is 1. The molecule has 0 aliphatic carbocycles. The van der Waals surface area contributed by atoms with Crippen LogP contribution in [-0.2, 0) is 0 Å². The van der Waals surface area contributed by atoms with E-state index in [-0.39, 0.29) is 16.5 Å². The van der Waals surface area contributed by atoms with E-state index < -0.39 is 5.82 Å². The van der Waals surface area contributed by atoms with Crippen molar-refractivity contribution in [2.75, 3.05) is 7.11 Å². The summed E-state index contributed by atoms with van der Waals surface area (Å²) in [4.78, 5) is 0. The first kappa shape index (κ1) is 8.14. The van der Waals surface area contributed by atoms with Gasteiger partial charge in [0.15, 0.2) is 0 Å². The van der Waals surface area contributed by atoms with E-state index in [4.69, 9.17) is 16.7 Å². The minimum Gasteiger partial charge on any atom is -0.506 e. The summed E-state index contributed by atoms with van der Waals surface area (Å²) < 4.78 is 17.2. The van der Waals surface area contributed by atoms with Crippen molar-refractivity contribution < 1.29 is 14.2 Å². The topological polar surface area (TPSA) is 29.5 Å². The Morgan fingerprint density at radius 1 is 1.55 bits per heavy atom. The Morgan fingerprint density at radius 3 is 2.73 bits per heavy atom. The van der Waals surface area contributed by atoms with Gasteiger partial charge in [-0.15, -0.1) is 0 Å². The van der Waals surface area contributed by atoms with Crippen LogP contribution in [0.5, 0.6) is 11.5 Å². The van der Waals surface area contributed by atoms with Crippen LogP contribution in [0.2, 0.25) is 5.02 Å². The Balaban J connectivity index is 3.24. The smallest absolute Gasteiger partial charge is 0.144 e. The number of hydrogen-bond donors (Lipinski definition) is 1. The number of halogens is 2. The number of ether oxygens (including phenoxy) is 1. The molecule has 1 rings (SSSR count). The maximum absolute atomic E-state index is 12.5. The van der Waals surface area contributed by atoms with Gasteiger partial charge in [-0.25, -0.2) is 4.39 Å². The van der Waals surface area contributed by atoms with Crippen molar-refractivity contribution >= 4 is 11.6 Å². The summed E-state index contributed by atoms with van der Waals surface area (Å²) in [7, 11) is 1.35. The molecule has 1 aromatic rings. The van der Waals surface area contributed by atoms with E-state index in [0.29, 0.717) is 0 Å². The van der Waals surface area contributed by atoms with Gasteiger partial charge in [-0.1, -0.05) is 11.6 Å². The van der Waals surface area contributed by atoms with E-state index in [1.54, 1.807) is 0 Å². The lowest BCUT2D eigenvalue weighted by atomic mass is 10.3. The second-order valence-corrected chi connectivity index (χ2v) is 2.32. The molecular formula is C7H6ClFO2. The molecular weight excluding hydrogens is 171 g/mol. The van der Waals surface area contributed by atoms with Gasteiger partial charge in [0.1, 0.15) is 22.3 Å². The van der Waals surface area contributed by atoms with Crippen LogP contribution in [0.15, 0.2) is 12.1 Å². The first-order valence-corrected chi connectivity index (χ1v) is 3.25. The maximum Gasteiger partial charge on any atom is 0.144 e. The van der Waals surface area contributed by atoms with Crippen LogP contribution in [0.3, 0.4) is 0 Å². The molecule has 0 atom stereocenters. The number of hydrogen-bond acceptors (Lipinski definition) is 2. The highest BCUT2D eigenvalue weighted by molar-refractivity contribution is 6.33. The summed E-state index contributed by atoms with van der Waals surface area (Å²) in [5, 5.41) is 8.98. The average molecular weight is 177 g/mol. The Hall–Kier alpha value is -0.960. The van der Waals surface area contributed by atoms with Gasteiger partial charge in [-0.2, -0.15) is 0 Å². The van der Waals surface area contributed by atoms with Crippen molar-refractivity contribution in [1.82, 2.24) is 0 Å². The fraction of sp³-hybridized carbons (Fsp3) is 0.143. The number of phenols is 1. The third-order valence-electron chi connectivity index (χ3n) is 1.20. The SMILES string of the molecule is COc1cc(F)cc(O)c1Cl. The Bertz CT molecular complexity index is 275. The second-order valence-electron chi connectivity index (χ2n) is 1.94. The molecule has 0 saturated carbocycles. The Labute approximate surface area is 68.2 Å². The summed E-state index contributed by atoms with van der Waals surface area (Å²) in [6.45, 7) is 0. The van der Waals surface area contributed by atoms with Gasteiger partial charge >= 0.3 is 0 Å². The van der Waals surface area contributed by atoms with Gasteiger partial charge in [-0.05, 0) is 0 Å². The predicted molar refractivity (Wildman–Crippen MR) is 39.6 cm³/mol. The third-order valence-corrected chi connectivity index (χ3v) is 1.58. The maximum atomic E-state index is 12.5. The largest absolute Gasteiger partial charge is 0.506 e. The molecule has 0 amide bonds. The van der Waals surface area contributed by atoms with E-state index in [1.165, 1.54) is 7.11 Å². The van der Waals surface area contributed by atoms with Crippen molar-refractivity contribution in [3.05, 3.63) is 23.0 Å². The minimum atomic E-state index is -0.580. The van der Waals surface area contributed by atoms with Crippen molar-refractivity contribution in [2.24, 2.45) is 0 Å². The molecule has 0 spiro atoms. The predicted octanol–water partition coefficient (Wildman–Crippen LogP) is 2.19. The van der Waals surface area contributed by atoms with Crippen LogP contribution >= 0.6 is 11.6 Å². The van der Waals surface area contributed by atoms with Crippen molar-refractivity contribution in [2.45, 2.75) is 0 Å². The quantitative estimate of drug-likeness (QED) is 0.711. The molecule has 0 heterocycles.